The third kappa shape index (κ3) is 3.07. The minimum atomic E-state index is -0.587. The second kappa shape index (κ2) is 6.17. The molecule has 0 amide bonds. The van der Waals surface area contributed by atoms with Gasteiger partial charge in [0.15, 0.2) is 5.79 Å². The molecule has 0 saturated carbocycles. The van der Waals surface area contributed by atoms with Crippen molar-refractivity contribution in [1.82, 2.24) is 9.13 Å². The second-order valence-electron chi connectivity index (χ2n) is 8.48. The molecule has 0 aliphatic carbocycles. The summed E-state index contributed by atoms with van der Waals surface area (Å²) in [7, 11) is 0. The molecule has 144 valence electrons. The molecule has 27 heavy (non-hydrogen) atoms. The summed E-state index contributed by atoms with van der Waals surface area (Å²) in [5.74, 6) is -0.587. The van der Waals surface area contributed by atoms with Crippen LogP contribution in [0.3, 0.4) is 0 Å². The van der Waals surface area contributed by atoms with E-state index in [1.807, 2.05) is 38.1 Å². The first-order valence-electron chi connectivity index (χ1n) is 9.45. The largest absolute Gasteiger partial charge is 0.347 e. The molecule has 1 fully saturated rings. The van der Waals surface area contributed by atoms with Crippen molar-refractivity contribution in [2.75, 3.05) is 6.61 Å². The summed E-state index contributed by atoms with van der Waals surface area (Å²) in [4.78, 5) is 25.4. The molecule has 1 aromatic carbocycles. The Morgan fingerprint density at radius 1 is 1.19 bits per heavy atom. The van der Waals surface area contributed by atoms with Crippen molar-refractivity contribution in [2.45, 2.75) is 64.5 Å². The van der Waals surface area contributed by atoms with Gasteiger partial charge in [-0.05, 0) is 37.3 Å². The van der Waals surface area contributed by atoms with Crippen LogP contribution >= 0.6 is 0 Å². The van der Waals surface area contributed by atoms with E-state index in [0.717, 1.165) is 23.0 Å². The maximum absolute atomic E-state index is 12.7. The highest BCUT2D eigenvalue weighted by atomic mass is 16.7. The maximum Gasteiger partial charge on any atom is 0.317 e. The summed E-state index contributed by atoms with van der Waals surface area (Å²) in [6, 6.07) is 5.95. The van der Waals surface area contributed by atoms with Crippen LogP contribution in [-0.4, -0.2) is 27.6 Å². The van der Waals surface area contributed by atoms with Gasteiger partial charge in [0.1, 0.15) is 6.10 Å². The Labute approximate surface area is 158 Å². The van der Waals surface area contributed by atoms with Crippen LogP contribution in [0.25, 0.3) is 11.0 Å². The first-order valence-corrected chi connectivity index (χ1v) is 9.45. The minimum absolute atomic E-state index is 0.0232. The van der Waals surface area contributed by atoms with Gasteiger partial charge in [0.05, 0.1) is 17.6 Å². The van der Waals surface area contributed by atoms with Gasteiger partial charge in [-0.3, -0.25) is 14.2 Å². The highest BCUT2D eigenvalue weighted by Gasteiger charge is 2.32. The quantitative estimate of drug-likeness (QED) is 0.615. The highest BCUT2D eigenvalue weighted by Crippen LogP contribution is 2.36. The van der Waals surface area contributed by atoms with E-state index in [9.17, 15) is 9.59 Å². The molecule has 1 atom stereocenters. The predicted molar refractivity (Wildman–Crippen MR) is 104 cm³/mol. The fourth-order valence-corrected chi connectivity index (χ4v) is 4.07. The van der Waals surface area contributed by atoms with Crippen LogP contribution in [0.4, 0.5) is 0 Å². The molecule has 0 radical (unpaired) electrons. The van der Waals surface area contributed by atoms with Crippen LogP contribution in [0.2, 0.25) is 0 Å². The smallest absolute Gasteiger partial charge is 0.317 e. The van der Waals surface area contributed by atoms with E-state index in [-0.39, 0.29) is 11.5 Å². The molecule has 2 aliphatic heterocycles. The van der Waals surface area contributed by atoms with Crippen molar-refractivity contribution in [3.8, 4) is 0 Å². The van der Waals surface area contributed by atoms with Crippen molar-refractivity contribution in [3.05, 3.63) is 56.6 Å². The predicted octanol–water partition coefficient (Wildman–Crippen LogP) is 2.55. The fraction of sp³-hybridized carbons (Fsp3) is 0.524. The van der Waals surface area contributed by atoms with Crippen LogP contribution in [-0.2, 0) is 28.0 Å². The lowest BCUT2D eigenvalue weighted by molar-refractivity contribution is -0.133. The van der Waals surface area contributed by atoms with Crippen LogP contribution in [0, 0.1) is 0 Å². The Morgan fingerprint density at radius 3 is 2.67 bits per heavy atom. The second-order valence-corrected chi connectivity index (χ2v) is 8.48. The molecular weight excluding hydrogens is 344 g/mol. The number of hydrogen-bond acceptors (Lipinski definition) is 4. The first-order chi connectivity index (χ1) is 12.7. The number of nitrogens with zero attached hydrogens (tertiary/aromatic N) is 2. The zero-order chi connectivity index (χ0) is 19.4. The molecule has 1 saturated heterocycles. The van der Waals surface area contributed by atoms with E-state index in [2.05, 4.69) is 19.9 Å². The number of rotatable bonds is 3. The topological polar surface area (TPSA) is 62.5 Å². The average molecular weight is 370 g/mol. The SMILES string of the molecule is CC1(C)OC[C@H](C=CCn2c(=O)c(=O)n3c4c(cccc42)C(C)(C)CC3)O1. The summed E-state index contributed by atoms with van der Waals surface area (Å²) in [6.45, 7) is 9.51. The number of hydrogen-bond donors (Lipinski definition) is 0. The fourth-order valence-electron chi connectivity index (χ4n) is 4.07. The third-order valence-electron chi connectivity index (χ3n) is 5.61. The Bertz CT molecular complexity index is 1040. The van der Waals surface area contributed by atoms with E-state index in [0.29, 0.717) is 19.7 Å². The highest BCUT2D eigenvalue weighted by molar-refractivity contribution is 5.81. The van der Waals surface area contributed by atoms with E-state index in [4.69, 9.17) is 9.47 Å². The van der Waals surface area contributed by atoms with Gasteiger partial charge in [0.2, 0.25) is 0 Å². The van der Waals surface area contributed by atoms with Gasteiger partial charge < -0.3 is 14.0 Å². The van der Waals surface area contributed by atoms with Crippen molar-refractivity contribution in [3.63, 3.8) is 0 Å². The van der Waals surface area contributed by atoms with Crippen molar-refractivity contribution >= 4 is 11.0 Å². The van der Waals surface area contributed by atoms with Gasteiger partial charge in [0.25, 0.3) is 0 Å². The summed E-state index contributed by atoms with van der Waals surface area (Å²) in [6.07, 6.45) is 4.48. The zero-order valence-corrected chi connectivity index (χ0v) is 16.3. The average Bonchev–Trinajstić information content (AvgIpc) is 2.96. The van der Waals surface area contributed by atoms with Gasteiger partial charge in [-0.1, -0.05) is 38.1 Å². The van der Waals surface area contributed by atoms with Crippen molar-refractivity contribution < 1.29 is 9.47 Å². The lowest BCUT2D eigenvalue weighted by Gasteiger charge is -2.33. The molecule has 1 aromatic heterocycles. The molecule has 4 rings (SSSR count). The summed E-state index contributed by atoms with van der Waals surface area (Å²) in [5.41, 5.74) is 1.86. The van der Waals surface area contributed by atoms with Gasteiger partial charge >= 0.3 is 11.1 Å². The van der Waals surface area contributed by atoms with Gasteiger partial charge in [0, 0.05) is 13.1 Å². The molecule has 6 nitrogen and oxygen atoms in total. The van der Waals surface area contributed by atoms with E-state index in [1.54, 1.807) is 9.13 Å². The molecular formula is C21H26N2O4. The molecule has 2 aromatic rings. The summed E-state index contributed by atoms with van der Waals surface area (Å²) in [5, 5.41) is 0. The Kier molecular flexibility index (Phi) is 4.16. The number of para-hydroxylation sites is 1. The zero-order valence-electron chi connectivity index (χ0n) is 16.3. The minimum Gasteiger partial charge on any atom is -0.347 e. The lowest BCUT2D eigenvalue weighted by atomic mass is 9.78. The van der Waals surface area contributed by atoms with Gasteiger partial charge in [-0.15, -0.1) is 0 Å². The summed E-state index contributed by atoms with van der Waals surface area (Å²) >= 11 is 0. The number of allylic oxidation sites excluding steroid dienone is 1. The van der Waals surface area contributed by atoms with Crippen LogP contribution in [0.5, 0.6) is 0 Å². The monoisotopic (exact) mass is 370 g/mol. The molecule has 0 spiro atoms. The van der Waals surface area contributed by atoms with Crippen LogP contribution in [0.1, 0.15) is 39.7 Å². The molecule has 0 bridgehead atoms. The molecule has 6 heteroatoms. The standard InChI is InChI=1S/C21H26N2O4/c1-20(2)10-12-23-17-15(20)8-5-9-16(17)22(18(24)19(23)25)11-6-7-14-13-26-21(3,4)27-14/h5-9,14H,10-13H2,1-4H3/t14-/m0/s1. The Balaban J connectivity index is 1.77. The molecule has 3 heterocycles. The maximum atomic E-state index is 12.7. The Morgan fingerprint density at radius 2 is 1.96 bits per heavy atom. The molecule has 0 N–H and O–H groups in total. The van der Waals surface area contributed by atoms with Crippen molar-refractivity contribution in [2.24, 2.45) is 0 Å². The first kappa shape index (κ1) is 18.2. The number of aromatic nitrogens is 2. The number of ether oxygens (including phenoxy) is 2. The van der Waals surface area contributed by atoms with Crippen LogP contribution in [0.15, 0.2) is 39.9 Å². The summed E-state index contributed by atoms with van der Waals surface area (Å²) < 4.78 is 14.5. The van der Waals surface area contributed by atoms with Gasteiger partial charge in [-0.25, -0.2) is 0 Å². The van der Waals surface area contributed by atoms with Crippen molar-refractivity contribution in [1.29, 1.82) is 0 Å². The molecule has 2 aliphatic rings. The van der Waals surface area contributed by atoms with Crippen LogP contribution < -0.4 is 11.1 Å². The Hall–Kier alpha value is -2.18. The van der Waals surface area contributed by atoms with E-state index in [1.165, 1.54) is 0 Å². The van der Waals surface area contributed by atoms with Gasteiger partial charge in [-0.2, -0.15) is 0 Å². The third-order valence-corrected chi connectivity index (χ3v) is 5.61. The normalized spacial score (nSPS) is 23.3. The molecule has 0 unspecified atom stereocenters. The number of aryl methyl sites for hydroxylation is 1. The van der Waals surface area contributed by atoms with E-state index < -0.39 is 16.9 Å². The number of benzene rings is 1. The lowest BCUT2D eigenvalue weighted by Crippen LogP contribution is -2.44. The van der Waals surface area contributed by atoms with E-state index >= 15 is 0 Å².